The van der Waals surface area contributed by atoms with Crippen molar-refractivity contribution in [2.75, 3.05) is 0 Å². The molecule has 0 N–H and O–H groups in total. The number of rotatable bonds is 16. The Morgan fingerprint density at radius 3 is 1.25 bits per heavy atom. The second-order valence-electron chi connectivity index (χ2n) is 16.4. The summed E-state index contributed by atoms with van der Waals surface area (Å²) in [5.74, 6) is 6.98. The van der Waals surface area contributed by atoms with Gasteiger partial charge in [0, 0.05) is 28.9 Å². The molecule has 0 saturated heterocycles. The molecule has 0 spiro atoms. The zero-order chi connectivity index (χ0) is 38.7. The van der Waals surface area contributed by atoms with Crippen LogP contribution in [0.1, 0.15) is 127 Å². The second-order valence-corrected chi connectivity index (χ2v) is 16.4. The molecule has 294 valence electrons. The molecule has 2 unspecified atom stereocenters. The van der Waals surface area contributed by atoms with Crippen molar-refractivity contribution < 1.29 is 17.1 Å². The molecule has 4 aliphatic rings. The van der Waals surface area contributed by atoms with Crippen LogP contribution in [0.4, 0.5) is 0 Å². The number of allylic oxidation sites excluding steroid dienone is 8. The van der Waals surface area contributed by atoms with E-state index in [4.69, 9.17) is 0 Å². The van der Waals surface area contributed by atoms with Gasteiger partial charge in [-0.25, -0.2) is 0 Å². The summed E-state index contributed by atoms with van der Waals surface area (Å²) in [6, 6.07) is 26.9. The quantitative estimate of drug-likeness (QED) is 0.0783. The molecule has 0 aromatic heterocycles. The Bertz CT molecular complexity index is 1850. The summed E-state index contributed by atoms with van der Waals surface area (Å²) in [4.78, 5) is 0. The Balaban J connectivity index is 0.000000189. The fourth-order valence-electron chi connectivity index (χ4n) is 8.95. The standard InChI is InChI=1S/2C28H31.Fe/c2*1-3-4-5-6-11-21(2)24-18-19-25(20-24)27-17-10-15-23-14-9-16-26(28(23)27)22-12-7-8-13-22;/h2*7-10,12,14-21H,3-6,11,13H2,1-2H3;. The van der Waals surface area contributed by atoms with Crippen LogP contribution >= 0.6 is 0 Å². The van der Waals surface area contributed by atoms with Crippen molar-refractivity contribution in [3.8, 4) is 0 Å². The molecule has 0 aliphatic heterocycles. The smallest absolute Gasteiger partial charge is 0.0134 e. The van der Waals surface area contributed by atoms with Gasteiger partial charge in [-0.15, -0.1) is 0 Å². The molecule has 4 aliphatic carbocycles. The molecule has 0 nitrogen and oxygen atoms in total. The number of hydrogen-bond donors (Lipinski definition) is 0. The van der Waals surface area contributed by atoms with Gasteiger partial charge in [-0.2, -0.15) is 0 Å². The molecule has 1 heteroatoms. The average Bonchev–Trinajstić information content (AvgIpc) is 4.09. The zero-order valence-corrected chi connectivity index (χ0v) is 36.0. The maximum absolute atomic E-state index is 2.43. The molecule has 2 saturated carbocycles. The van der Waals surface area contributed by atoms with Crippen molar-refractivity contribution in [3.05, 3.63) is 194 Å². The Kier molecular flexibility index (Phi) is 16.6. The van der Waals surface area contributed by atoms with E-state index in [9.17, 15) is 0 Å². The first kappa shape index (κ1) is 43.5. The first-order valence-electron chi connectivity index (χ1n) is 21.8. The van der Waals surface area contributed by atoms with E-state index in [1.165, 1.54) is 143 Å². The van der Waals surface area contributed by atoms with E-state index in [2.05, 4.69) is 175 Å². The molecule has 8 rings (SSSR count). The largest absolute Gasteiger partial charge is 0.0801 e. The first-order valence-corrected chi connectivity index (χ1v) is 21.8. The molecule has 0 bridgehead atoms. The third kappa shape index (κ3) is 10.7. The fraction of sp³-hybridized carbons (Fsp3) is 0.321. The number of benzene rings is 4. The summed E-state index contributed by atoms with van der Waals surface area (Å²) >= 11 is 0. The SMILES string of the molecule is CCCCCCC(C)[C]1[CH][CH][C](c2cccc3cccc(C4=CC=CC4)c23)[CH]1.CCCCCCC(C)[C]1[CH][CH][C](c2cccc3cccc(C4=CC=CC4)c23)[CH]1.[Fe]. The topological polar surface area (TPSA) is 0 Å². The van der Waals surface area contributed by atoms with Gasteiger partial charge >= 0.3 is 0 Å². The van der Waals surface area contributed by atoms with Crippen molar-refractivity contribution >= 4 is 32.7 Å². The van der Waals surface area contributed by atoms with Gasteiger partial charge in [-0.05, 0) is 130 Å². The van der Waals surface area contributed by atoms with Crippen molar-refractivity contribution in [3.63, 3.8) is 0 Å². The second kappa shape index (κ2) is 21.8. The predicted molar refractivity (Wildman–Crippen MR) is 244 cm³/mol. The van der Waals surface area contributed by atoms with Crippen molar-refractivity contribution in [2.24, 2.45) is 11.8 Å². The molecule has 4 aromatic carbocycles. The molecule has 4 aromatic rings. The van der Waals surface area contributed by atoms with Crippen LogP contribution in [0, 0.1) is 74.0 Å². The van der Waals surface area contributed by atoms with Crippen LogP contribution < -0.4 is 0 Å². The van der Waals surface area contributed by atoms with Crippen LogP contribution in [0.15, 0.2) is 109 Å². The van der Waals surface area contributed by atoms with E-state index in [0.717, 1.165) is 12.8 Å². The Morgan fingerprint density at radius 1 is 0.474 bits per heavy atom. The van der Waals surface area contributed by atoms with Crippen LogP contribution in [0.25, 0.3) is 32.7 Å². The minimum absolute atomic E-state index is 0. The van der Waals surface area contributed by atoms with Gasteiger partial charge in [0.15, 0.2) is 0 Å². The Labute approximate surface area is 358 Å². The van der Waals surface area contributed by atoms with Gasteiger partial charge in [0.25, 0.3) is 0 Å². The van der Waals surface area contributed by atoms with Gasteiger partial charge in [-0.1, -0.05) is 201 Å². The number of fused-ring (bicyclic) bond motifs is 2. The molecular weight excluding hydrogens is 728 g/mol. The summed E-state index contributed by atoms with van der Waals surface area (Å²) in [7, 11) is 0. The Hall–Kier alpha value is -3.12. The fourth-order valence-corrected chi connectivity index (χ4v) is 8.95. The van der Waals surface area contributed by atoms with Gasteiger partial charge < -0.3 is 0 Å². The van der Waals surface area contributed by atoms with Gasteiger partial charge in [-0.3, -0.25) is 0 Å². The van der Waals surface area contributed by atoms with Gasteiger partial charge in [0.05, 0.1) is 0 Å². The third-order valence-corrected chi connectivity index (χ3v) is 12.3. The van der Waals surface area contributed by atoms with Crippen molar-refractivity contribution in [1.29, 1.82) is 0 Å². The van der Waals surface area contributed by atoms with Crippen LogP contribution in [0.5, 0.6) is 0 Å². The maximum Gasteiger partial charge on any atom is 0.0134 e. The predicted octanol–water partition coefficient (Wildman–Crippen LogP) is 15.8. The minimum atomic E-state index is 0. The van der Waals surface area contributed by atoms with E-state index in [1.54, 1.807) is 0 Å². The summed E-state index contributed by atoms with van der Waals surface area (Å²) in [6.45, 7) is 9.33. The first-order chi connectivity index (χ1) is 27.6. The molecule has 0 heterocycles. The third-order valence-electron chi connectivity index (χ3n) is 12.3. The molecule has 0 amide bonds. The van der Waals surface area contributed by atoms with Crippen molar-refractivity contribution in [1.82, 2.24) is 0 Å². The van der Waals surface area contributed by atoms with E-state index in [0.29, 0.717) is 11.8 Å². The maximum atomic E-state index is 2.43. The van der Waals surface area contributed by atoms with E-state index < -0.39 is 0 Å². The molecular formula is C56H62Fe. The average molecular weight is 791 g/mol. The number of unbranched alkanes of at least 4 members (excludes halogenated alkanes) is 6. The summed E-state index contributed by atoms with van der Waals surface area (Å²) in [6.07, 6.45) is 43.0. The molecule has 57 heavy (non-hydrogen) atoms. The van der Waals surface area contributed by atoms with Crippen LogP contribution in [0.3, 0.4) is 0 Å². The summed E-state index contributed by atoms with van der Waals surface area (Å²) < 4.78 is 0. The van der Waals surface area contributed by atoms with Gasteiger partial charge in [0.2, 0.25) is 0 Å². The monoisotopic (exact) mass is 790 g/mol. The number of hydrogen-bond acceptors (Lipinski definition) is 0. The molecule has 10 radical (unpaired) electrons. The molecule has 2 fully saturated rings. The van der Waals surface area contributed by atoms with E-state index in [-0.39, 0.29) is 17.1 Å². The van der Waals surface area contributed by atoms with Crippen molar-refractivity contribution in [2.45, 2.75) is 105 Å². The summed E-state index contributed by atoms with van der Waals surface area (Å²) in [5, 5.41) is 5.46. The Morgan fingerprint density at radius 2 is 0.877 bits per heavy atom. The van der Waals surface area contributed by atoms with Crippen LogP contribution in [0.2, 0.25) is 0 Å². The van der Waals surface area contributed by atoms with Gasteiger partial charge in [0.1, 0.15) is 0 Å². The zero-order valence-electron chi connectivity index (χ0n) is 34.8. The summed E-state index contributed by atoms with van der Waals surface area (Å²) in [5.41, 5.74) is 8.35. The van der Waals surface area contributed by atoms with E-state index in [1.807, 2.05) is 0 Å². The van der Waals surface area contributed by atoms with Crippen LogP contribution in [-0.2, 0) is 17.1 Å². The van der Waals surface area contributed by atoms with Crippen LogP contribution in [-0.4, -0.2) is 0 Å². The van der Waals surface area contributed by atoms with E-state index >= 15 is 0 Å². The normalized spacial score (nSPS) is 18.5. The minimum Gasteiger partial charge on any atom is -0.0801 e. The molecule has 2 atom stereocenters.